The second kappa shape index (κ2) is 9.61. The zero-order valence-corrected chi connectivity index (χ0v) is 18.6. The van der Waals surface area contributed by atoms with Gasteiger partial charge in [-0.3, -0.25) is 9.78 Å². The number of pyridine rings is 1. The molecule has 3 nitrogen and oxygen atoms in total. The summed E-state index contributed by atoms with van der Waals surface area (Å²) in [5, 5.41) is 0. The van der Waals surface area contributed by atoms with Gasteiger partial charge in [0.15, 0.2) is 0 Å². The van der Waals surface area contributed by atoms with E-state index in [1.807, 2.05) is 44.3 Å². The Bertz CT molecular complexity index is 1040. The molecule has 0 spiro atoms. The molecule has 0 atom stereocenters. The van der Waals surface area contributed by atoms with Gasteiger partial charge >= 0.3 is 0 Å². The van der Waals surface area contributed by atoms with Crippen LogP contribution >= 0.6 is 0 Å². The first-order valence-electron chi connectivity index (χ1n) is 11.1. The Morgan fingerprint density at radius 1 is 0.656 bits per heavy atom. The Labute approximate surface area is 190 Å². The van der Waals surface area contributed by atoms with Crippen molar-refractivity contribution in [2.45, 2.75) is 19.3 Å². The number of amides is 1. The van der Waals surface area contributed by atoms with Crippen molar-refractivity contribution in [2.24, 2.45) is 0 Å². The maximum Gasteiger partial charge on any atom is 0.272 e. The predicted molar refractivity (Wildman–Crippen MR) is 130 cm³/mol. The third-order valence-corrected chi connectivity index (χ3v) is 6.09. The summed E-state index contributed by atoms with van der Waals surface area (Å²) < 4.78 is 0. The number of aromatic nitrogens is 1. The Hall–Kier alpha value is -3.72. The molecule has 1 heterocycles. The minimum absolute atomic E-state index is 0.0358. The monoisotopic (exact) mass is 420 g/mol. The molecule has 0 bridgehead atoms. The summed E-state index contributed by atoms with van der Waals surface area (Å²) in [7, 11) is 0. The Morgan fingerprint density at radius 3 is 1.44 bits per heavy atom. The molecular weight excluding hydrogens is 392 g/mol. The van der Waals surface area contributed by atoms with Gasteiger partial charge < -0.3 is 4.90 Å². The SMILES string of the molecule is CCN(CC)C(=O)c1ccc(C(c2ccccc2)(c2ccccc2)c2ccccc2)cn1. The maximum atomic E-state index is 12.8. The van der Waals surface area contributed by atoms with Crippen molar-refractivity contribution in [3.05, 3.63) is 137 Å². The van der Waals surface area contributed by atoms with Gasteiger partial charge in [0.1, 0.15) is 5.69 Å². The lowest BCUT2D eigenvalue weighted by Gasteiger charge is -2.36. The molecule has 3 heteroatoms. The highest BCUT2D eigenvalue weighted by Gasteiger charge is 2.38. The van der Waals surface area contributed by atoms with Gasteiger partial charge in [-0.1, -0.05) is 97.1 Å². The van der Waals surface area contributed by atoms with Crippen molar-refractivity contribution in [3.8, 4) is 0 Å². The van der Waals surface area contributed by atoms with E-state index in [4.69, 9.17) is 0 Å². The lowest BCUT2D eigenvalue weighted by atomic mass is 9.65. The van der Waals surface area contributed by atoms with Gasteiger partial charge in [-0.05, 0) is 42.2 Å². The molecule has 0 N–H and O–H groups in total. The first kappa shape index (κ1) is 21.5. The van der Waals surface area contributed by atoms with Crippen LogP contribution in [-0.4, -0.2) is 28.9 Å². The lowest BCUT2D eigenvalue weighted by Crippen LogP contribution is -2.33. The van der Waals surface area contributed by atoms with E-state index in [1.54, 1.807) is 4.90 Å². The van der Waals surface area contributed by atoms with Crippen LogP contribution in [0, 0.1) is 0 Å². The fraction of sp³-hybridized carbons (Fsp3) is 0.172. The van der Waals surface area contributed by atoms with Gasteiger partial charge in [0.05, 0.1) is 5.41 Å². The van der Waals surface area contributed by atoms with Crippen LogP contribution in [0.5, 0.6) is 0 Å². The second-order valence-corrected chi connectivity index (χ2v) is 7.76. The largest absolute Gasteiger partial charge is 0.338 e. The smallest absolute Gasteiger partial charge is 0.272 e. The number of benzene rings is 3. The molecule has 0 aliphatic rings. The van der Waals surface area contributed by atoms with Gasteiger partial charge in [-0.15, -0.1) is 0 Å². The van der Waals surface area contributed by atoms with Gasteiger partial charge in [0, 0.05) is 19.3 Å². The van der Waals surface area contributed by atoms with E-state index in [1.165, 1.54) is 0 Å². The molecule has 0 aliphatic heterocycles. The van der Waals surface area contributed by atoms with E-state index >= 15 is 0 Å². The second-order valence-electron chi connectivity index (χ2n) is 7.76. The lowest BCUT2D eigenvalue weighted by molar-refractivity contribution is 0.0767. The fourth-order valence-corrected chi connectivity index (χ4v) is 4.48. The van der Waals surface area contributed by atoms with Crippen LogP contribution in [0.15, 0.2) is 109 Å². The molecule has 4 rings (SSSR count). The number of hydrogen-bond donors (Lipinski definition) is 0. The van der Waals surface area contributed by atoms with Crippen LogP contribution in [0.3, 0.4) is 0 Å². The van der Waals surface area contributed by atoms with Crippen molar-refractivity contribution in [2.75, 3.05) is 13.1 Å². The number of hydrogen-bond acceptors (Lipinski definition) is 2. The maximum absolute atomic E-state index is 12.8. The average molecular weight is 421 g/mol. The number of carbonyl (C=O) groups excluding carboxylic acids is 1. The molecule has 0 fully saturated rings. The van der Waals surface area contributed by atoms with Crippen LogP contribution < -0.4 is 0 Å². The minimum atomic E-state index is -0.548. The van der Waals surface area contributed by atoms with E-state index in [9.17, 15) is 4.79 Å². The normalized spacial score (nSPS) is 11.2. The molecule has 4 aromatic rings. The van der Waals surface area contributed by atoms with Gasteiger partial charge in [-0.2, -0.15) is 0 Å². The third-order valence-electron chi connectivity index (χ3n) is 6.09. The van der Waals surface area contributed by atoms with Crippen molar-refractivity contribution in [1.29, 1.82) is 0 Å². The molecule has 32 heavy (non-hydrogen) atoms. The Morgan fingerprint density at radius 2 is 1.09 bits per heavy atom. The van der Waals surface area contributed by atoms with Crippen LogP contribution in [0.25, 0.3) is 0 Å². The molecule has 160 valence electrons. The summed E-state index contributed by atoms with van der Waals surface area (Å²) in [6.07, 6.45) is 1.86. The molecule has 0 radical (unpaired) electrons. The van der Waals surface area contributed by atoms with Gasteiger partial charge in [-0.25, -0.2) is 0 Å². The van der Waals surface area contributed by atoms with Crippen molar-refractivity contribution < 1.29 is 4.79 Å². The average Bonchev–Trinajstić information content (AvgIpc) is 2.88. The van der Waals surface area contributed by atoms with E-state index in [-0.39, 0.29) is 5.91 Å². The molecular formula is C29H28N2O. The van der Waals surface area contributed by atoms with Crippen LogP contribution in [0.1, 0.15) is 46.6 Å². The standard InChI is InChI=1S/C29H28N2O/c1-3-31(4-2)28(32)27-21-20-26(22-30-27)29(23-14-8-5-9-15-23,24-16-10-6-11-17-24)25-18-12-7-13-19-25/h5-22H,3-4H2,1-2H3. The number of nitrogens with zero attached hydrogens (tertiary/aromatic N) is 2. The highest BCUT2D eigenvalue weighted by atomic mass is 16.2. The zero-order valence-electron chi connectivity index (χ0n) is 18.6. The minimum Gasteiger partial charge on any atom is -0.338 e. The molecule has 1 aromatic heterocycles. The molecule has 0 saturated carbocycles. The topological polar surface area (TPSA) is 33.2 Å². The van der Waals surface area contributed by atoms with E-state index < -0.39 is 5.41 Å². The van der Waals surface area contributed by atoms with Crippen molar-refractivity contribution in [1.82, 2.24) is 9.88 Å². The Kier molecular flexibility index (Phi) is 6.46. The quantitative estimate of drug-likeness (QED) is 0.346. The molecule has 0 saturated heterocycles. The number of carbonyl (C=O) groups is 1. The first-order valence-corrected chi connectivity index (χ1v) is 11.1. The highest BCUT2D eigenvalue weighted by molar-refractivity contribution is 5.92. The Balaban J connectivity index is 1.95. The third kappa shape index (κ3) is 3.82. The van der Waals surface area contributed by atoms with E-state index in [2.05, 4.69) is 83.8 Å². The highest BCUT2D eigenvalue weighted by Crippen LogP contribution is 2.44. The molecule has 3 aromatic carbocycles. The van der Waals surface area contributed by atoms with E-state index in [0.29, 0.717) is 18.8 Å². The van der Waals surface area contributed by atoms with Crippen molar-refractivity contribution in [3.63, 3.8) is 0 Å². The van der Waals surface area contributed by atoms with Crippen LogP contribution in [0.2, 0.25) is 0 Å². The molecule has 1 amide bonds. The van der Waals surface area contributed by atoms with Crippen LogP contribution in [-0.2, 0) is 5.41 Å². The summed E-state index contributed by atoms with van der Waals surface area (Å²) in [6.45, 7) is 5.31. The summed E-state index contributed by atoms with van der Waals surface area (Å²) in [5.41, 5.74) is 4.41. The predicted octanol–water partition coefficient (Wildman–Crippen LogP) is 5.95. The van der Waals surface area contributed by atoms with Crippen LogP contribution in [0.4, 0.5) is 0 Å². The summed E-state index contributed by atoms with van der Waals surface area (Å²) >= 11 is 0. The summed E-state index contributed by atoms with van der Waals surface area (Å²) in [4.78, 5) is 19.3. The van der Waals surface area contributed by atoms with Crippen molar-refractivity contribution >= 4 is 5.91 Å². The molecule has 0 aliphatic carbocycles. The summed E-state index contributed by atoms with van der Waals surface area (Å²) in [5.74, 6) is -0.0358. The molecule has 0 unspecified atom stereocenters. The van der Waals surface area contributed by atoms with E-state index in [0.717, 1.165) is 22.3 Å². The summed E-state index contributed by atoms with van der Waals surface area (Å²) in [6, 6.07) is 35.4. The van der Waals surface area contributed by atoms with Gasteiger partial charge in [0.25, 0.3) is 5.91 Å². The van der Waals surface area contributed by atoms with Gasteiger partial charge in [0.2, 0.25) is 0 Å². The fourth-order valence-electron chi connectivity index (χ4n) is 4.48. The zero-order chi connectivity index (χ0) is 22.4. The first-order chi connectivity index (χ1) is 15.7. The number of rotatable bonds is 7.